The van der Waals surface area contributed by atoms with Crippen molar-refractivity contribution in [2.45, 2.75) is 25.7 Å². The molecule has 0 atom stereocenters. The minimum Gasteiger partial charge on any atom is -0.317 e. The minimum absolute atomic E-state index is 1.02. The number of pyridine rings is 1. The first-order valence-corrected chi connectivity index (χ1v) is 7.52. The van der Waals surface area contributed by atoms with Gasteiger partial charge in [-0.1, -0.05) is 6.07 Å². The highest BCUT2D eigenvalue weighted by Gasteiger charge is 1.99. The number of hydrogen-bond donors (Lipinski definition) is 3. The summed E-state index contributed by atoms with van der Waals surface area (Å²) in [6.07, 6.45) is 4.44. The first-order valence-electron chi connectivity index (χ1n) is 7.52. The van der Waals surface area contributed by atoms with Crippen molar-refractivity contribution in [3.05, 3.63) is 29.6 Å². The van der Waals surface area contributed by atoms with Gasteiger partial charge in [-0.15, -0.1) is 0 Å². The monoisotopic (exact) mass is 262 g/mol. The zero-order valence-corrected chi connectivity index (χ0v) is 11.8. The summed E-state index contributed by atoms with van der Waals surface area (Å²) < 4.78 is 0. The molecule has 1 aromatic heterocycles. The number of nitrogens with one attached hydrogen (secondary N) is 3. The second kappa shape index (κ2) is 9.02. The fraction of sp³-hybridized carbons (Fsp3) is 0.667. The predicted molar refractivity (Wildman–Crippen MR) is 79.5 cm³/mol. The average Bonchev–Trinajstić information content (AvgIpc) is 2.43. The van der Waals surface area contributed by atoms with Crippen molar-refractivity contribution >= 4 is 0 Å². The largest absolute Gasteiger partial charge is 0.317 e. The first kappa shape index (κ1) is 14.4. The number of nitrogens with zero attached hydrogens (tertiary/aromatic N) is 1. The van der Waals surface area contributed by atoms with Gasteiger partial charge in [-0.25, -0.2) is 0 Å². The van der Waals surface area contributed by atoms with Gasteiger partial charge in [-0.2, -0.15) is 0 Å². The van der Waals surface area contributed by atoms with Crippen molar-refractivity contribution in [2.75, 3.05) is 39.3 Å². The Labute approximate surface area is 116 Å². The van der Waals surface area contributed by atoms with E-state index in [1.54, 1.807) is 0 Å². The molecule has 3 N–H and O–H groups in total. The van der Waals surface area contributed by atoms with Crippen molar-refractivity contribution in [1.29, 1.82) is 0 Å². The maximum absolute atomic E-state index is 4.71. The van der Waals surface area contributed by atoms with Crippen LogP contribution >= 0.6 is 0 Å². The summed E-state index contributed by atoms with van der Waals surface area (Å²) in [5.74, 6) is 0. The predicted octanol–water partition coefficient (Wildman–Crippen LogP) is 0.729. The van der Waals surface area contributed by atoms with Crippen molar-refractivity contribution in [1.82, 2.24) is 20.9 Å². The van der Waals surface area contributed by atoms with E-state index in [4.69, 9.17) is 4.98 Å². The van der Waals surface area contributed by atoms with Gasteiger partial charge in [0.25, 0.3) is 0 Å². The Hall–Kier alpha value is -0.970. The Balaban J connectivity index is 1.84. The van der Waals surface area contributed by atoms with E-state index in [1.807, 2.05) is 0 Å². The second-order valence-corrected chi connectivity index (χ2v) is 5.08. The highest BCUT2D eigenvalue weighted by Crippen LogP contribution is 2.01. The topological polar surface area (TPSA) is 49.0 Å². The van der Waals surface area contributed by atoms with Crippen LogP contribution in [0.25, 0.3) is 0 Å². The lowest BCUT2D eigenvalue weighted by molar-refractivity contribution is 0.561. The maximum atomic E-state index is 4.71. The third-order valence-corrected chi connectivity index (χ3v) is 3.39. The average molecular weight is 262 g/mol. The Morgan fingerprint density at radius 3 is 1.68 bits per heavy atom. The first-order chi connectivity index (χ1) is 9.45. The van der Waals surface area contributed by atoms with Gasteiger partial charge < -0.3 is 16.0 Å². The molecule has 0 saturated heterocycles. The van der Waals surface area contributed by atoms with Gasteiger partial charge in [-0.3, -0.25) is 4.98 Å². The molecule has 4 heteroatoms. The van der Waals surface area contributed by atoms with Crippen LogP contribution in [0.3, 0.4) is 0 Å². The van der Waals surface area contributed by atoms with Crippen LogP contribution < -0.4 is 16.0 Å². The molecule has 0 fully saturated rings. The summed E-state index contributed by atoms with van der Waals surface area (Å²) in [6.45, 7) is 6.45. The van der Waals surface area contributed by atoms with E-state index in [0.717, 1.165) is 52.1 Å². The van der Waals surface area contributed by atoms with E-state index >= 15 is 0 Å². The van der Waals surface area contributed by atoms with E-state index in [-0.39, 0.29) is 0 Å². The molecule has 1 aliphatic heterocycles. The smallest absolute Gasteiger partial charge is 0.0419 e. The quantitative estimate of drug-likeness (QED) is 0.645. The van der Waals surface area contributed by atoms with Crippen LogP contribution in [0.15, 0.2) is 18.2 Å². The van der Waals surface area contributed by atoms with E-state index in [1.165, 1.54) is 24.2 Å². The third-order valence-electron chi connectivity index (χ3n) is 3.39. The van der Waals surface area contributed by atoms with E-state index in [0.29, 0.717) is 0 Å². The number of aromatic nitrogens is 1. The normalized spacial score (nSPS) is 20.0. The van der Waals surface area contributed by atoms with Gasteiger partial charge in [0.2, 0.25) is 0 Å². The van der Waals surface area contributed by atoms with Crippen LogP contribution in [0.2, 0.25) is 0 Å². The molecule has 0 amide bonds. The summed E-state index contributed by atoms with van der Waals surface area (Å²) in [6, 6.07) is 6.39. The van der Waals surface area contributed by atoms with Crippen LogP contribution in [-0.2, 0) is 12.8 Å². The lowest BCUT2D eigenvalue weighted by Crippen LogP contribution is -2.27. The molecule has 106 valence electrons. The zero-order valence-electron chi connectivity index (χ0n) is 11.8. The summed E-state index contributed by atoms with van der Waals surface area (Å²) in [5.41, 5.74) is 2.41. The maximum Gasteiger partial charge on any atom is 0.0419 e. The molecule has 2 rings (SSSR count). The Morgan fingerprint density at radius 2 is 1.16 bits per heavy atom. The van der Waals surface area contributed by atoms with E-state index < -0.39 is 0 Å². The van der Waals surface area contributed by atoms with Crippen LogP contribution in [0.1, 0.15) is 24.2 Å². The molecule has 2 bridgehead atoms. The van der Waals surface area contributed by atoms with Gasteiger partial charge in [0.1, 0.15) is 0 Å². The van der Waals surface area contributed by atoms with Crippen LogP contribution in [0, 0.1) is 0 Å². The molecule has 4 nitrogen and oxygen atoms in total. The highest BCUT2D eigenvalue weighted by atomic mass is 14.9. The fourth-order valence-electron chi connectivity index (χ4n) is 2.29. The lowest BCUT2D eigenvalue weighted by atomic mass is 10.2. The molecule has 19 heavy (non-hydrogen) atoms. The van der Waals surface area contributed by atoms with Gasteiger partial charge in [0.05, 0.1) is 0 Å². The Kier molecular flexibility index (Phi) is 6.85. The molecule has 0 saturated carbocycles. The Bertz CT molecular complexity index is 325. The summed E-state index contributed by atoms with van der Waals surface area (Å²) in [5, 5.41) is 10.4. The van der Waals surface area contributed by atoms with Crippen molar-refractivity contribution in [3.8, 4) is 0 Å². The Morgan fingerprint density at radius 1 is 0.684 bits per heavy atom. The van der Waals surface area contributed by atoms with Crippen LogP contribution in [0.5, 0.6) is 0 Å². The molecule has 0 aliphatic carbocycles. The molecule has 0 spiro atoms. The van der Waals surface area contributed by atoms with E-state index in [2.05, 4.69) is 34.1 Å². The van der Waals surface area contributed by atoms with Gasteiger partial charge >= 0.3 is 0 Å². The molecular weight excluding hydrogens is 236 g/mol. The third kappa shape index (κ3) is 6.14. The molecule has 0 aromatic carbocycles. The van der Waals surface area contributed by atoms with Gasteiger partial charge in [-0.05, 0) is 51.2 Å². The summed E-state index contributed by atoms with van der Waals surface area (Å²) in [4.78, 5) is 4.71. The molecule has 2 heterocycles. The number of hydrogen-bond acceptors (Lipinski definition) is 4. The molecule has 1 aromatic rings. The van der Waals surface area contributed by atoms with Gasteiger partial charge in [0.15, 0.2) is 0 Å². The van der Waals surface area contributed by atoms with Crippen molar-refractivity contribution < 1.29 is 0 Å². The molecule has 0 radical (unpaired) electrons. The second-order valence-electron chi connectivity index (χ2n) is 5.08. The van der Waals surface area contributed by atoms with Crippen molar-refractivity contribution in [3.63, 3.8) is 0 Å². The SMILES string of the molecule is c1cc2nc(c1)CCNCCCNCCCNCC2. The number of rotatable bonds is 0. The summed E-state index contributed by atoms with van der Waals surface area (Å²) >= 11 is 0. The number of fused-ring (bicyclic) bond motifs is 2. The molecular formula is C15H26N4. The highest BCUT2D eigenvalue weighted by molar-refractivity contribution is 5.12. The minimum atomic E-state index is 1.02. The zero-order chi connectivity index (χ0) is 13.2. The van der Waals surface area contributed by atoms with Crippen LogP contribution in [0.4, 0.5) is 0 Å². The van der Waals surface area contributed by atoms with Crippen LogP contribution in [-0.4, -0.2) is 44.3 Å². The molecule has 1 aliphatic rings. The fourth-order valence-corrected chi connectivity index (χ4v) is 2.29. The van der Waals surface area contributed by atoms with Crippen molar-refractivity contribution in [2.24, 2.45) is 0 Å². The summed E-state index contributed by atoms with van der Waals surface area (Å²) in [7, 11) is 0. The molecule has 0 unspecified atom stereocenters. The lowest BCUT2D eigenvalue weighted by Gasteiger charge is -2.09. The van der Waals surface area contributed by atoms with Gasteiger partial charge in [0, 0.05) is 37.3 Å². The van der Waals surface area contributed by atoms with E-state index in [9.17, 15) is 0 Å². The standard InChI is InChI=1S/C15H26N4/c1-4-14-6-12-17-10-2-8-16-9-3-11-18-13-7-15(5-1)19-14/h1,4-5,16-18H,2-3,6-13H2.